The minimum absolute atomic E-state index is 0.0241. The highest BCUT2D eigenvalue weighted by molar-refractivity contribution is 9.10. The number of carbonyl (C=O) groups excluding carboxylic acids is 1. The van der Waals surface area contributed by atoms with E-state index in [-0.39, 0.29) is 15.8 Å². The number of benzene rings is 2. The molecular weight excluding hydrogens is 556 g/mol. The van der Waals surface area contributed by atoms with Gasteiger partial charge in [-0.3, -0.25) is 14.8 Å². The van der Waals surface area contributed by atoms with Crippen molar-refractivity contribution in [1.82, 2.24) is 10.5 Å². The molecule has 0 atom stereocenters. The molecule has 12 heteroatoms. The van der Waals surface area contributed by atoms with Crippen molar-refractivity contribution in [3.05, 3.63) is 64.3 Å². The molecule has 0 aliphatic rings. The lowest BCUT2D eigenvalue weighted by atomic mass is 10.1. The van der Waals surface area contributed by atoms with Crippen molar-refractivity contribution in [2.75, 3.05) is 16.6 Å². The van der Waals surface area contributed by atoms with Gasteiger partial charge in [-0.15, -0.1) is 0 Å². The van der Waals surface area contributed by atoms with Crippen molar-refractivity contribution < 1.29 is 22.5 Å². The third kappa shape index (κ3) is 7.77. The number of aromatic nitrogens is 1. The maximum absolute atomic E-state index is 12.8. The van der Waals surface area contributed by atoms with Crippen molar-refractivity contribution in [3.63, 3.8) is 0 Å². The molecule has 0 saturated heterocycles. The number of carbonyl (C=O) groups is 1. The molecule has 3 rings (SSSR count). The number of anilines is 2. The van der Waals surface area contributed by atoms with E-state index in [0.717, 1.165) is 10.9 Å². The maximum atomic E-state index is 12.8. The van der Waals surface area contributed by atoms with E-state index in [2.05, 4.69) is 50.3 Å². The van der Waals surface area contributed by atoms with E-state index < -0.39 is 15.9 Å². The van der Waals surface area contributed by atoms with Crippen LogP contribution in [0.2, 0.25) is 0 Å². The molecule has 35 heavy (non-hydrogen) atoms. The highest BCUT2D eigenvalue weighted by Crippen LogP contribution is 2.24. The topological polar surface area (TPSA) is 123 Å². The summed E-state index contributed by atoms with van der Waals surface area (Å²) in [5, 5.41) is 9.17. The lowest BCUT2D eigenvalue weighted by Crippen LogP contribution is -2.34. The van der Waals surface area contributed by atoms with Crippen LogP contribution in [0.15, 0.2) is 62.4 Å². The molecule has 1 aromatic heterocycles. The fourth-order valence-electron chi connectivity index (χ4n) is 2.87. The zero-order valence-corrected chi connectivity index (χ0v) is 22.5. The Kier molecular flexibility index (Phi) is 8.87. The number of hydrogen-bond acceptors (Lipinski definition) is 7. The Hall–Kier alpha value is -2.96. The van der Waals surface area contributed by atoms with E-state index >= 15 is 0 Å². The number of nitrogens with one attached hydrogen (secondary N) is 3. The molecule has 0 fully saturated rings. The number of sulfonamides is 1. The standard InChI is InChI=1S/C23H25BrN4O5S2/c1-14(2)10-11-32-20-9-4-16(24)13-19(20)22(29)26-23(34)25-17-5-7-18(8-6-17)35(30,31)28-21-12-15(3)33-27-21/h4-9,12-14H,10-11H2,1-3H3,(H,27,28)(H2,25,26,29,34). The van der Waals surface area contributed by atoms with Crippen LogP contribution in [0, 0.1) is 12.8 Å². The number of halogens is 1. The third-order valence-corrected chi connectivity index (χ3v) is 6.72. The minimum Gasteiger partial charge on any atom is -0.493 e. The van der Waals surface area contributed by atoms with Crippen LogP contribution in [0.5, 0.6) is 5.75 Å². The van der Waals surface area contributed by atoms with Gasteiger partial charge < -0.3 is 14.6 Å². The summed E-state index contributed by atoms with van der Waals surface area (Å²) in [5.74, 6) is 1.07. The Labute approximate surface area is 217 Å². The van der Waals surface area contributed by atoms with Crippen LogP contribution in [-0.4, -0.2) is 31.2 Å². The largest absolute Gasteiger partial charge is 0.493 e. The van der Waals surface area contributed by atoms with E-state index in [1.807, 2.05) is 0 Å². The van der Waals surface area contributed by atoms with Gasteiger partial charge in [-0.05, 0) is 73.9 Å². The molecule has 1 amide bonds. The molecule has 1 heterocycles. The van der Waals surface area contributed by atoms with Crippen molar-refractivity contribution in [2.45, 2.75) is 32.1 Å². The maximum Gasteiger partial charge on any atom is 0.263 e. The third-order valence-electron chi connectivity index (χ3n) is 4.66. The lowest BCUT2D eigenvalue weighted by molar-refractivity contribution is 0.0973. The van der Waals surface area contributed by atoms with E-state index in [1.54, 1.807) is 25.1 Å². The van der Waals surface area contributed by atoms with Crippen LogP contribution in [0.25, 0.3) is 0 Å². The Morgan fingerprint density at radius 3 is 2.51 bits per heavy atom. The highest BCUT2D eigenvalue weighted by atomic mass is 79.9. The van der Waals surface area contributed by atoms with E-state index in [4.69, 9.17) is 21.5 Å². The van der Waals surface area contributed by atoms with Crippen LogP contribution < -0.4 is 20.1 Å². The molecule has 3 N–H and O–H groups in total. The second-order valence-corrected chi connectivity index (χ2v) is 11.0. The first-order chi connectivity index (χ1) is 16.5. The van der Waals surface area contributed by atoms with Gasteiger partial charge >= 0.3 is 0 Å². The number of aryl methyl sites for hydroxylation is 1. The Balaban J connectivity index is 1.62. The molecule has 2 aromatic carbocycles. The summed E-state index contributed by atoms with van der Waals surface area (Å²) in [6, 6.07) is 12.5. The minimum atomic E-state index is -3.84. The summed E-state index contributed by atoms with van der Waals surface area (Å²) >= 11 is 8.63. The predicted octanol–water partition coefficient (Wildman–Crippen LogP) is 5.10. The predicted molar refractivity (Wildman–Crippen MR) is 141 cm³/mol. The van der Waals surface area contributed by atoms with Crippen molar-refractivity contribution in [1.29, 1.82) is 0 Å². The van der Waals surface area contributed by atoms with Crippen LogP contribution in [0.3, 0.4) is 0 Å². The lowest BCUT2D eigenvalue weighted by Gasteiger charge is -2.14. The molecule has 186 valence electrons. The van der Waals surface area contributed by atoms with Gasteiger partial charge in [0.15, 0.2) is 10.9 Å². The van der Waals surface area contributed by atoms with Gasteiger partial charge in [-0.1, -0.05) is 34.9 Å². The summed E-state index contributed by atoms with van der Waals surface area (Å²) in [5.41, 5.74) is 0.831. The number of hydrogen-bond donors (Lipinski definition) is 3. The Morgan fingerprint density at radius 1 is 1.17 bits per heavy atom. The van der Waals surface area contributed by atoms with Gasteiger partial charge in [0.25, 0.3) is 15.9 Å². The molecule has 3 aromatic rings. The quantitative estimate of drug-likeness (QED) is 0.299. The molecular formula is C23H25BrN4O5S2. The van der Waals surface area contributed by atoms with Crippen LogP contribution in [-0.2, 0) is 10.0 Å². The van der Waals surface area contributed by atoms with Gasteiger partial charge in [0, 0.05) is 16.2 Å². The summed E-state index contributed by atoms with van der Waals surface area (Å²) in [6.45, 7) is 6.34. The molecule has 0 aliphatic carbocycles. The number of rotatable bonds is 9. The van der Waals surface area contributed by atoms with Crippen LogP contribution >= 0.6 is 28.1 Å². The zero-order valence-electron chi connectivity index (χ0n) is 19.3. The van der Waals surface area contributed by atoms with E-state index in [1.165, 1.54) is 30.3 Å². The van der Waals surface area contributed by atoms with Crippen molar-refractivity contribution in [3.8, 4) is 5.75 Å². The SMILES string of the molecule is Cc1cc(NS(=O)(=O)c2ccc(NC(=S)NC(=O)c3cc(Br)ccc3OCCC(C)C)cc2)no1. The van der Waals surface area contributed by atoms with Crippen LogP contribution in [0.4, 0.5) is 11.5 Å². The first-order valence-corrected chi connectivity index (χ1v) is 13.3. The number of amides is 1. The molecule has 0 bridgehead atoms. The molecule has 0 saturated carbocycles. The zero-order chi connectivity index (χ0) is 25.6. The fraction of sp³-hybridized carbons (Fsp3) is 0.261. The van der Waals surface area contributed by atoms with E-state index in [0.29, 0.717) is 35.3 Å². The molecule has 0 radical (unpaired) electrons. The average Bonchev–Trinajstić information content (AvgIpc) is 3.18. The van der Waals surface area contributed by atoms with Gasteiger partial charge in [0.1, 0.15) is 11.5 Å². The summed E-state index contributed by atoms with van der Waals surface area (Å²) in [6.07, 6.45) is 0.858. The summed E-state index contributed by atoms with van der Waals surface area (Å²) < 4.78 is 38.7. The smallest absolute Gasteiger partial charge is 0.263 e. The summed E-state index contributed by atoms with van der Waals surface area (Å²) in [4.78, 5) is 12.9. The van der Waals surface area contributed by atoms with Crippen LogP contribution in [0.1, 0.15) is 36.4 Å². The number of nitrogens with zero attached hydrogens (tertiary/aromatic N) is 1. The fourth-order valence-corrected chi connectivity index (χ4v) is 4.43. The first kappa shape index (κ1) is 26.6. The summed E-state index contributed by atoms with van der Waals surface area (Å²) in [7, 11) is -3.84. The second-order valence-electron chi connectivity index (χ2n) is 8.03. The second kappa shape index (κ2) is 11.6. The molecule has 0 aliphatic heterocycles. The van der Waals surface area contributed by atoms with Gasteiger partial charge in [0.2, 0.25) is 0 Å². The molecule has 0 unspecified atom stereocenters. The van der Waals surface area contributed by atoms with Crippen molar-refractivity contribution in [2.24, 2.45) is 5.92 Å². The van der Waals surface area contributed by atoms with Gasteiger partial charge in [-0.25, -0.2) is 8.42 Å². The monoisotopic (exact) mass is 580 g/mol. The van der Waals surface area contributed by atoms with E-state index in [9.17, 15) is 13.2 Å². The highest BCUT2D eigenvalue weighted by Gasteiger charge is 2.17. The van der Waals surface area contributed by atoms with Crippen molar-refractivity contribution >= 4 is 60.7 Å². The number of ether oxygens (including phenoxy) is 1. The Bertz CT molecular complexity index is 1310. The van der Waals surface area contributed by atoms with Gasteiger partial charge in [0.05, 0.1) is 17.1 Å². The normalized spacial score (nSPS) is 11.2. The Morgan fingerprint density at radius 2 is 1.89 bits per heavy atom. The van der Waals surface area contributed by atoms with Gasteiger partial charge in [-0.2, -0.15) is 0 Å². The molecule has 0 spiro atoms. The average molecular weight is 582 g/mol. The first-order valence-electron chi connectivity index (χ1n) is 10.6. The molecule has 9 nitrogen and oxygen atoms in total. The number of thiocarbonyl (C=S) groups is 1.